The van der Waals surface area contributed by atoms with Gasteiger partial charge in [0.2, 0.25) is 0 Å². The van der Waals surface area contributed by atoms with Gasteiger partial charge in [0.15, 0.2) is 0 Å². The van der Waals surface area contributed by atoms with Gasteiger partial charge in [0, 0.05) is 19.6 Å². The molecule has 1 atom stereocenters. The van der Waals surface area contributed by atoms with Crippen molar-refractivity contribution in [1.82, 2.24) is 5.32 Å². The van der Waals surface area contributed by atoms with Gasteiger partial charge in [0.05, 0.1) is 6.42 Å². The summed E-state index contributed by atoms with van der Waals surface area (Å²) in [4.78, 5) is 10.5. The third-order valence-electron chi connectivity index (χ3n) is 1.75. The molecular formula is C7H12F2N2O2. The third kappa shape index (κ3) is 2.60. The molecule has 13 heavy (non-hydrogen) atoms. The maximum absolute atomic E-state index is 12.6. The van der Waals surface area contributed by atoms with Crippen LogP contribution in [0.2, 0.25) is 0 Å². The highest BCUT2D eigenvalue weighted by atomic mass is 19.3. The Morgan fingerprint density at radius 3 is 2.85 bits per heavy atom. The fourth-order valence-electron chi connectivity index (χ4n) is 1.13. The van der Waals surface area contributed by atoms with Crippen molar-refractivity contribution in [2.24, 2.45) is 5.73 Å². The zero-order valence-electron chi connectivity index (χ0n) is 7.06. The van der Waals surface area contributed by atoms with Crippen LogP contribution in [0.4, 0.5) is 8.78 Å². The van der Waals surface area contributed by atoms with Gasteiger partial charge in [0.1, 0.15) is 6.10 Å². The monoisotopic (exact) mass is 194 g/mol. The van der Waals surface area contributed by atoms with Gasteiger partial charge in [-0.1, -0.05) is 0 Å². The quantitative estimate of drug-likeness (QED) is 0.467. The standard InChI is InChI=1S/C7H12F2N2O2/c8-7(9)3-5(13-6(7)12)4-11-2-1-10/h5,11H,1-4,10H2. The average molecular weight is 194 g/mol. The molecule has 76 valence electrons. The molecule has 1 unspecified atom stereocenters. The van der Waals surface area contributed by atoms with Crippen LogP contribution >= 0.6 is 0 Å². The van der Waals surface area contributed by atoms with Crippen LogP contribution in [-0.2, 0) is 9.53 Å². The number of ether oxygens (including phenoxy) is 1. The summed E-state index contributed by atoms with van der Waals surface area (Å²) >= 11 is 0. The van der Waals surface area contributed by atoms with E-state index in [0.29, 0.717) is 13.1 Å². The Hall–Kier alpha value is -0.750. The number of rotatable bonds is 4. The molecule has 0 spiro atoms. The van der Waals surface area contributed by atoms with Crippen molar-refractivity contribution in [3.05, 3.63) is 0 Å². The van der Waals surface area contributed by atoms with Crippen LogP contribution in [0.25, 0.3) is 0 Å². The maximum atomic E-state index is 12.6. The predicted octanol–water partition coefficient (Wildman–Crippen LogP) is -0.515. The van der Waals surface area contributed by atoms with E-state index in [1.807, 2.05) is 0 Å². The lowest BCUT2D eigenvalue weighted by Gasteiger charge is -2.08. The molecule has 0 radical (unpaired) electrons. The van der Waals surface area contributed by atoms with E-state index >= 15 is 0 Å². The average Bonchev–Trinajstić information content (AvgIpc) is 2.27. The molecule has 1 aliphatic rings. The minimum Gasteiger partial charge on any atom is -0.456 e. The second kappa shape index (κ2) is 3.97. The molecule has 3 N–H and O–H groups in total. The lowest BCUT2D eigenvalue weighted by Crippen LogP contribution is -2.31. The SMILES string of the molecule is NCCNCC1CC(F)(F)C(=O)O1. The van der Waals surface area contributed by atoms with Crippen LogP contribution in [0.1, 0.15) is 6.42 Å². The smallest absolute Gasteiger partial charge is 0.377 e. The van der Waals surface area contributed by atoms with Gasteiger partial charge in [-0.3, -0.25) is 0 Å². The van der Waals surface area contributed by atoms with Crippen molar-refractivity contribution in [2.45, 2.75) is 18.4 Å². The predicted molar refractivity (Wildman–Crippen MR) is 41.4 cm³/mol. The van der Waals surface area contributed by atoms with Crippen LogP contribution in [0.15, 0.2) is 0 Å². The van der Waals surface area contributed by atoms with E-state index in [1.165, 1.54) is 0 Å². The summed E-state index contributed by atoms with van der Waals surface area (Å²) in [6.45, 7) is 1.19. The molecule has 0 aromatic heterocycles. The van der Waals surface area contributed by atoms with E-state index in [0.717, 1.165) is 0 Å². The second-order valence-corrected chi connectivity index (χ2v) is 2.93. The third-order valence-corrected chi connectivity index (χ3v) is 1.75. The fourth-order valence-corrected chi connectivity index (χ4v) is 1.13. The molecular weight excluding hydrogens is 182 g/mol. The van der Waals surface area contributed by atoms with Crippen LogP contribution in [-0.4, -0.2) is 37.6 Å². The first-order chi connectivity index (χ1) is 6.06. The number of hydrogen-bond acceptors (Lipinski definition) is 4. The van der Waals surface area contributed by atoms with E-state index < -0.39 is 24.4 Å². The van der Waals surface area contributed by atoms with Crippen molar-refractivity contribution in [1.29, 1.82) is 0 Å². The van der Waals surface area contributed by atoms with Gasteiger partial charge in [-0.2, -0.15) is 8.78 Å². The Morgan fingerprint density at radius 1 is 1.69 bits per heavy atom. The summed E-state index contributed by atoms with van der Waals surface area (Å²) in [6.07, 6.45) is -1.27. The van der Waals surface area contributed by atoms with Crippen molar-refractivity contribution in [3.63, 3.8) is 0 Å². The molecule has 1 fully saturated rings. The number of carbonyl (C=O) groups is 1. The van der Waals surface area contributed by atoms with E-state index in [9.17, 15) is 13.6 Å². The fraction of sp³-hybridized carbons (Fsp3) is 0.857. The van der Waals surface area contributed by atoms with E-state index in [2.05, 4.69) is 10.1 Å². The first kappa shape index (κ1) is 10.3. The molecule has 1 heterocycles. The van der Waals surface area contributed by atoms with Crippen LogP contribution in [0.3, 0.4) is 0 Å². The molecule has 0 aliphatic carbocycles. The number of nitrogens with two attached hydrogens (primary N) is 1. The summed E-state index contributed by atoms with van der Waals surface area (Å²) in [7, 11) is 0. The normalized spacial score (nSPS) is 26.1. The summed E-state index contributed by atoms with van der Waals surface area (Å²) in [6, 6.07) is 0. The number of hydrogen-bond donors (Lipinski definition) is 2. The highest BCUT2D eigenvalue weighted by molar-refractivity contribution is 5.79. The largest absolute Gasteiger partial charge is 0.456 e. The van der Waals surface area contributed by atoms with Crippen LogP contribution in [0, 0.1) is 0 Å². The van der Waals surface area contributed by atoms with E-state index in [1.54, 1.807) is 0 Å². The van der Waals surface area contributed by atoms with Crippen molar-refractivity contribution in [2.75, 3.05) is 19.6 Å². The first-order valence-corrected chi connectivity index (χ1v) is 4.06. The van der Waals surface area contributed by atoms with Crippen LogP contribution < -0.4 is 11.1 Å². The molecule has 4 nitrogen and oxygen atoms in total. The molecule has 6 heteroatoms. The zero-order valence-corrected chi connectivity index (χ0v) is 7.06. The van der Waals surface area contributed by atoms with Gasteiger partial charge in [-0.05, 0) is 0 Å². The van der Waals surface area contributed by atoms with Gasteiger partial charge in [-0.15, -0.1) is 0 Å². The van der Waals surface area contributed by atoms with Crippen LogP contribution in [0.5, 0.6) is 0 Å². The number of alkyl halides is 2. The molecule has 1 rings (SSSR count). The van der Waals surface area contributed by atoms with Crippen molar-refractivity contribution in [3.8, 4) is 0 Å². The summed E-state index contributed by atoms with van der Waals surface area (Å²) in [5.74, 6) is -4.73. The molecule has 0 bridgehead atoms. The highest BCUT2D eigenvalue weighted by Crippen LogP contribution is 2.30. The number of cyclic esters (lactones) is 1. The van der Waals surface area contributed by atoms with Gasteiger partial charge in [-0.25, -0.2) is 4.79 Å². The minimum absolute atomic E-state index is 0.235. The maximum Gasteiger partial charge on any atom is 0.377 e. The van der Waals surface area contributed by atoms with Gasteiger partial charge < -0.3 is 15.8 Å². The molecule has 1 aliphatic heterocycles. The van der Waals surface area contributed by atoms with Gasteiger partial charge in [0.25, 0.3) is 0 Å². The van der Waals surface area contributed by atoms with Gasteiger partial charge >= 0.3 is 11.9 Å². The second-order valence-electron chi connectivity index (χ2n) is 2.93. The summed E-state index contributed by atoms with van der Waals surface area (Å²) in [5, 5.41) is 2.80. The van der Waals surface area contributed by atoms with Crippen molar-refractivity contribution < 1.29 is 18.3 Å². The molecule has 0 saturated carbocycles. The summed E-state index contributed by atoms with van der Waals surface area (Å²) < 4.78 is 29.6. The number of carbonyl (C=O) groups excluding carboxylic acids is 1. The first-order valence-electron chi connectivity index (χ1n) is 4.06. The Labute approximate surface area is 74.4 Å². The molecule has 0 aromatic carbocycles. The number of halogens is 2. The number of esters is 1. The minimum atomic E-state index is -3.31. The lowest BCUT2D eigenvalue weighted by molar-refractivity contribution is -0.158. The zero-order chi connectivity index (χ0) is 9.90. The molecule has 0 aromatic rings. The number of nitrogens with one attached hydrogen (secondary N) is 1. The lowest BCUT2D eigenvalue weighted by atomic mass is 10.2. The molecule has 0 amide bonds. The highest BCUT2D eigenvalue weighted by Gasteiger charge is 2.50. The molecule has 1 saturated heterocycles. The topological polar surface area (TPSA) is 64.3 Å². The Kier molecular flexibility index (Phi) is 3.16. The Balaban J connectivity index is 2.28. The Morgan fingerprint density at radius 2 is 2.38 bits per heavy atom. The van der Waals surface area contributed by atoms with E-state index in [4.69, 9.17) is 5.73 Å². The van der Waals surface area contributed by atoms with E-state index in [-0.39, 0.29) is 6.54 Å². The summed E-state index contributed by atoms with van der Waals surface area (Å²) in [5.41, 5.74) is 5.18. The van der Waals surface area contributed by atoms with Crippen molar-refractivity contribution >= 4 is 5.97 Å². The Bertz CT molecular complexity index is 199.